The van der Waals surface area contributed by atoms with Gasteiger partial charge in [0, 0.05) is 0 Å². The monoisotopic (exact) mass is 204 g/mol. The SMILES string of the molecule is CC(C)S(=O)(=O)Cc1cnoc1N. The zero-order chi connectivity index (χ0) is 10.1. The molecule has 74 valence electrons. The number of anilines is 1. The van der Waals surface area contributed by atoms with Gasteiger partial charge in [0.1, 0.15) is 0 Å². The third kappa shape index (κ3) is 2.21. The highest BCUT2D eigenvalue weighted by atomic mass is 32.2. The highest BCUT2D eigenvalue weighted by molar-refractivity contribution is 7.91. The zero-order valence-corrected chi connectivity index (χ0v) is 8.34. The Balaban J connectivity index is 2.88. The lowest BCUT2D eigenvalue weighted by Crippen LogP contribution is -2.16. The van der Waals surface area contributed by atoms with E-state index >= 15 is 0 Å². The molecule has 0 radical (unpaired) electrons. The maximum Gasteiger partial charge on any atom is 0.226 e. The Morgan fingerprint density at radius 1 is 1.62 bits per heavy atom. The molecule has 1 aromatic rings. The van der Waals surface area contributed by atoms with Crippen molar-refractivity contribution in [3.63, 3.8) is 0 Å². The van der Waals surface area contributed by atoms with Crippen molar-refractivity contribution in [1.29, 1.82) is 0 Å². The van der Waals surface area contributed by atoms with Crippen LogP contribution in [0.5, 0.6) is 0 Å². The topological polar surface area (TPSA) is 86.2 Å². The minimum atomic E-state index is -3.12. The molecule has 0 aliphatic heterocycles. The second-order valence-corrected chi connectivity index (χ2v) is 5.63. The van der Waals surface area contributed by atoms with E-state index in [-0.39, 0.29) is 11.6 Å². The summed E-state index contributed by atoms with van der Waals surface area (Å²) in [5.41, 5.74) is 5.78. The Morgan fingerprint density at radius 3 is 2.62 bits per heavy atom. The molecule has 0 amide bonds. The van der Waals surface area contributed by atoms with Gasteiger partial charge in [0.2, 0.25) is 5.88 Å². The van der Waals surface area contributed by atoms with E-state index in [0.29, 0.717) is 5.56 Å². The largest absolute Gasteiger partial charge is 0.367 e. The Kier molecular flexibility index (Phi) is 2.60. The van der Waals surface area contributed by atoms with Crippen LogP contribution in [0.25, 0.3) is 0 Å². The van der Waals surface area contributed by atoms with E-state index in [1.54, 1.807) is 13.8 Å². The number of aromatic nitrogens is 1. The standard InChI is InChI=1S/C7H12N2O3S/c1-5(2)13(10,11)4-6-3-9-12-7(6)8/h3,5H,4,8H2,1-2H3. The molecule has 1 heterocycles. The second-order valence-electron chi connectivity index (χ2n) is 3.07. The van der Waals surface area contributed by atoms with Crippen LogP contribution in [0.4, 0.5) is 5.88 Å². The first-order chi connectivity index (χ1) is 5.93. The van der Waals surface area contributed by atoms with E-state index < -0.39 is 15.1 Å². The molecular weight excluding hydrogens is 192 g/mol. The molecule has 6 heteroatoms. The van der Waals surface area contributed by atoms with E-state index in [1.807, 2.05) is 0 Å². The molecule has 0 spiro atoms. The zero-order valence-electron chi connectivity index (χ0n) is 7.52. The Hall–Kier alpha value is -1.04. The first-order valence-electron chi connectivity index (χ1n) is 3.84. The van der Waals surface area contributed by atoms with Gasteiger partial charge in [-0.1, -0.05) is 5.16 Å². The molecule has 0 saturated carbocycles. The lowest BCUT2D eigenvalue weighted by Gasteiger charge is -2.05. The molecule has 0 unspecified atom stereocenters. The summed E-state index contributed by atoms with van der Waals surface area (Å²) < 4.78 is 27.4. The van der Waals surface area contributed by atoms with E-state index in [1.165, 1.54) is 6.20 Å². The van der Waals surface area contributed by atoms with E-state index in [4.69, 9.17) is 5.73 Å². The highest BCUT2D eigenvalue weighted by Crippen LogP contribution is 2.16. The fraction of sp³-hybridized carbons (Fsp3) is 0.571. The smallest absolute Gasteiger partial charge is 0.226 e. The fourth-order valence-corrected chi connectivity index (χ4v) is 1.74. The molecule has 0 atom stereocenters. The molecule has 0 bridgehead atoms. The van der Waals surface area contributed by atoms with Crippen LogP contribution in [0, 0.1) is 0 Å². The first-order valence-corrected chi connectivity index (χ1v) is 5.55. The van der Waals surface area contributed by atoms with Crippen LogP contribution in [0.3, 0.4) is 0 Å². The van der Waals surface area contributed by atoms with Crippen molar-refractivity contribution in [2.75, 3.05) is 5.73 Å². The predicted molar refractivity (Wildman–Crippen MR) is 48.7 cm³/mol. The first kappa shape index (κ1) is 10.0. The number of hydrogen-bond donors (Lipinski definition) is 1. The fourth-order valence-electron chi connectivity index (χ4n) is 0.761. The second kappa shape index (κ2) is 3.37. The van der Waals surface area contributed by atoms with E-state index in [0.717, 1.165) is 0 Å². The van der Waals surface area contributed by atoms with Gasteiger partial charge in [-0.05, 0) is 13.8 Å². The minimum absolute atomic E-state index is 0.0734. The average Bonchev–Trinajstić information content (AvgIpc) is 2.35. The number of nitrogens with zero attached hydrogens (tertiary/aromatic N) is 1. The molecule has 13 heavy (non-hydrogen) atoms. The number of sulfone groups is 1. The Labute approximate surface area is 76.8 Å². The third-order valence-corrected chi connectivity index (χ3v) is 3.90. The summed E-state index contributed by atoms with van der Waals surface area (Å²) in [6, 6.07) is 0. The Bertz CT molecular complexity index is 380. The molecule has 5 nitrogen and oxygen atoms in total. The van der Waals surface area contributed by atoms with Crippen molar-refractivity contribution in [1.82, 2.24) is 5.16 Å². The summed E-state index contributed by atoms with van der Waals surface area (Å²) in [7, 11) is -3.12. The van der Waals surface area contributed by atoms with Crippen molar-refractivity contribution in [2.24, 2.45) is 0 Å². The number of nitrogen functional groups attached to an aromatic ring is 1. The predicted octanol–water partition coefficient (Wildman–Crippen LogP) is 0.580. The summed E-state index contributed by atoms with van der Waals surface area (Å²) in [4.78, 5) is 0. The van der Waals surface area contributed by atoms with Crippen molar-refractivity contribution >= 4 is 15.7 Å². The molecule has 1 aromatic heterocycles. The minimum Gasteiger partial charge on any atom is -0.367 e. The van der Waals surface area contributed by atoms with Crippen LogP contribution in [-0.4, -0.2) is 18.8 Å². The molecular formula is C7H12N2O3S. The van der Waals surface area contributed by atoms with Crippen molar-refractivity contribution in [2.45, 2.75) is 24.9 Å². The van der Waals surface area contributed by atoms with Crippen LogP contribution < -0.4 is 5.73 Å². The number of rotatable bonds is 3. The molecule has 0 fully saturated rings. The third-order valence-electron chi connectivity index (χ3n) is 1.75. The van der Waals surface area contributed by atoms with Gasteiger partial charge in [0.25, 0.3) is 0 Å². The summed E-state index contributed by atoms with van der Waals surface area (Å²) in [5, 5.41) is 2.99. The number of hydrogen-bond acceptors (Lipinski definition) is 5. The Morgan fingerprint density at radius 2 is 2.23 bits per heavy atom. The average molecular weight is 204 g/mol. The van der Waals surface area contributed by atoms with Crippen LogP contribution in [-0.2, 0) is 15.6 Å². The lowest BCUT2D eigenvalue weighted by molar-refractivity contribution is 0.436. The maximum atomic E-state index is 11.4. The van der Waals surface area contributed by atoms with Crippen LogP contribution >= 0.6 is 0 Å². The van der Waals surface area contributed by atoms with E-state index in [9.17, 15) is 8.42 Å². The van der Waals surface area contributed by atoms with Crippen molar-refractivity contribution < 1.29 is 12.9 Å². The summed E-state index contributed by atoms with van der Waals surface area (Å²) in [6.45, 7) is 3.25. The molecule has 1 rings (SSSR count). The van der Waals surface area contributed by atoms with Crippen LogP contribution in [0.15, 0.2) is 10.7 Å². The van der Waals surface area contributed by atoms with Gasteiger partial charge in [-0.2, -0.15) is 0 Å². The lowest BCUT2D eigenvalue weighted by atomic mass is 10.4. The van der Waals surface area contributed by atoms with Crippen LogP contribution in [0.2, 0.25) is 0 Å². The normalized spacial score (nSPS) is 12.2. The quantitative estimate of drug-likeness (QED) is 0.778. The summed E-state index contributed by atoms with van der Waals surface area (Å²) in [5.74, 6) is -0.0378. The molecule has 0 saturated heterocycles. The molecule has 0 aliphatic carbocycles. The van der Waals surface area contributed by atoms with Gasteiger partial charge < -0.3 is 10.3 Å². The summed E-state index contributed by atoms with van der Waals surface area (Å²) >= 11 is 0. The molecule has 0 aliphatic rings. The summed E-state index contributed by atoms with van der Waals surface area (Å²) in [6.07, 6.45) is 1.33. The van der Waals surface area contributed by atoms with Gasteiger partial charge >= 0.3 is 0 Å². The highest BCUT2D eigenvalue weighted by Gasteiger charge is 2.19. The van der Waals surface area contributed by atoms with Gasteiger partial charge in [-0.25, -0.2) is 8.42 Å². The van der Waals surface area contributed by atoms with Crippen molar-refractivity contribution in [3.05, 3.63) is 11.8 Å². The van der Waals surface area contributed by atoms with Gasteiger partial charge in [0.05, 0.1) is 22.8 Å². The molecule has 0 aromatic carbocycles. The van der Waals surface area contributed by atoms with Crippen LogP contribution in [0.1, 0.15) is 19.4 Å². The molecule has 2 N–H and O–H groups in total. The van der Waals surface area contributed by atoms with Crippen molar-refractivity contribution in [3.8, 4) is 0 Å². The van der Waals surface area contributed by atoms with Gasteiger partial charge in [-0.15, -0.1) is 0 Å². The maximum absolute atomic E-state index is 11.4. The number of nitrogens with two attached hydrogens (primary N) is 1. The van der Waals surface area contributed by atoms with Gasteiger partial charge in [0.15, 0.2) is 9.84 Å². The van der Waals surface area contributed by atoms with E-state index in [2.05, 4.69) is 9.68 Å². The van der Waals surface area contributed by atoms with Gasteiger partial charge in [-0.3, -0.25) is 0 Å².